The van der Waals surface area contributed by atoms with Crippen LogP contribution in [0, 0.1) is 0 Å². The van der Waals surface area contributed by atoms with E-state index < -0.39 is 17.7 Å². The van der Waals surface area contributed by atoms with Gasteiger partial charge in [-0.1, -0.05) is 38.5 Å². The van der Waals surface area contributed by atoms with E-state index in [0.717, 1.165) is 44.9 Å². The van der Waals surface area contributed by atoms with E-state index in [1.54, 1.807) is 0 Å². The highest BCUT2D eigenvalue weighted by Gasteiger charge is 2.09. The fourth-order valence-corrected chi connectivity index (χ4v) is 1.73. The van der Waals surface area contributed by atoms with Gasteiger partial charge < -0.3 is 10.2 Å². The minimum atomic E-state index is -1.34. The third-order valence-corrected chi connectivity index (χ3v) is 2.78. The molecule has 0 rings (SSSR count). The normalized spacial score (nSPS) is 10.2. The zero-order valence-corrected chi connectivity index (χ0v) is 10.7. The maximum absolute atomic E-state index is 10.8. The summed E-state index contributed by atoms with van der Waals surface area (Å²) in [6.07, 6.45) is 7.78. The van der Waals surface area contributed by atoms with Gasteiger partial charge in [-0.25, -0.2) is 4.79 Å². The fourth-order valence-electron chi connectivity index (χ4n) is 1.73. The number of hydrogen-bond donors (Lipinski definition) is 2. The van der Waals surface area contributed by atoms with Crippen molar-refractivity contribution < 1.29 is 24.6 Å². The van der Waals surface area contributed by atoms with Crippen LogP contribution in [0.3, 0.4) is 0 Å². The van der Waals surface area contributed by atoms with Crippen molar-refractivity contribution in [3.05, 3.63) is 0 Å². The van der Waals surface area contributed by atoms with Gasteiger partial charge in [-0.3, -0.25) is 9.59 Å². The molecule has 0 aliphatic heterocycles. The molecule has 0 fully saturated rings. The lowest BCUT2D eigenvalue weighted by molar-refractivity contribution is -0.149. The quantitative estimate of drug-likeness (QED) is 0.414. The van der Waals surface area contributed by atoms with E-state index in [-0.39, 0.29) is 12.8 Å². The first-order valence-corrected chi connectivity index (χ1v) is 6.52. The van der Waals surface area contributed by atoms with Gasteiger partial charge in [0.2, 0.25) is 5.78 Å². The zero-order valence-electron chi connectivity index (χ0n) is 10.7. The molecule has 0 saturated carbocycles. The van der Waals surface area contributed by atoms with E-state index in [1.807, 2.05) is 0 Å². The molecule has 0 bridgehead atoms. The van der Waals surface area contributed by atoms with Gasteiger partial charge in [0.1, 0.15) is 0 Å². The van der Waals surface area contributed by atoms with E-state index in [9.17, 15) is 14.4 Å². The van der Waals surface area contributed by atoms with E-state index >= 15 is 0 Å². The van der Waals surface area contributed by atoms with Crippen LogP contribution >= 0.6 is 0 Å². The number of carboxylic acids is 2. The molecule has 0 aromatic rings. The fraction of sp³-hybridized carbons (Fsp3) is 0.769. The highest BCUT2D eigenvalue weighted by atomic mass is 16.4. The summed E-state index contributed by atoms with van der Waals surface area (Å²) in [6, 6.07) is 0. The van der Waals surface area contributed by atoms with Crippen molar-refractivity contribution in [1.29, 1.82) is 0 Å². The van der Waals surface area contributed by atoms with Crippen LogP contribution in [-0.4, -0.2) is 27.9 Å². The maximum Gasteiger partial charge on any atom is 0.372 e. The average Bonchev–Trinajstić information content (AvgIpc) is 2.30. The molecule has 0 spiro atoms. The number of Topliss-reactive ketones (excluding diaryl/α,β-unsaturated/α-hetero) is 1. The lowest BCUT2D eigenvalue weighted by Gasteiger charge is -2.01. The highest BCUT2D eigenvalue weighted by Crippen LogP contribution is 2.10. The molecule has 0 aliphatic rings. The van der Waals surface area contributed by atoms with Gasteiger partial charge in [-0.15, -0.1) is 0 Å². The summed E-state index contributed by atoms with van der Waals surface area (Å²) in [5.74, 6) is -2.78. The summed E-state index contributed by atoms with van der Waals surface area (Å²) in [6.45, 7) is 0. The minimum absolute atomic E-state index is 0.133. The van der Waals surface area contributed by atoms with E-state index in [1.165, 1.54) is 0 Å². The lowest BCUT2D eigenvalue weighted by atomic mass is 10.1. The Morgan fingerprint density at radius 2 is 1.00 bits per heavy atom. The Balaban J connectivity index is 3.14. The van der Waals surface area contributed by atoms with E-state index in [4.69, 9.17) is 10.2 Å². The Bertz CT molecular complexity index is 273. The molecule has 18 heavy (non-hydrogen) atoms. The third kappa shape index (κ3) is 11.1. The van der Waals surface area contributed by atoms with Crippen LogP contribution in [0.5, 0.6) is 0 Å². The monoisotopic (exact) mass is 258 g/mol. The number of unbranched alkanes of at least 4 members (excludes halogenated alkanes) is 7. The zero-order chi connectivity index (χ0) is 13.8. The second-order valence-corrected chi connectivity index (χ2v) is 4.45. The maximum atomic E-state index is 10.8. The van der Waals surface area contributed by atoms with Gasteiger partial charge in [0, 0.05) is 12.8 Å². The summed E-state index contributed by atoms with van der Waals surface area (Å²) in [7, 11) is 0. The number of ketones is 1. The van der Waals surface area contributed by atoms with Crippen molar-refractivity contribution >= 4 is 17.7 Å². The predicted octanol–water partition coefficient (Wildman–Crippen LogP) is 2.63. The molecule has 0 atom stereocenters. The molecule has 0 heterocycles. The number of hydrogen-bond acceptors (Lipinski definition) is 3. The van der Waals surface area contributed by atoms with E-state index in [2.05, 4.69) is 0 Å². The summed E-state index contributed by atoms with van der Waals surface area (Å²) >= 11 is 0. The first kappa shape index (κ1) is 16.6. The van der Waals surface area contributed by atoms with Gasteiger partial charge in [0.15, 0.2) is 0 Å². The molecule has 5 heteroatoms. The molecule has 0 saturated heterocycles. The molecule has 0 radical (unpaired) electrons. The van der Waals surface area contributed by atoms with Crippen LogP contribution in [-0.2, 0) is 14.4 Å². The summed E-state index contributed by atoms with van der Waals surface area (Å²) in [4.78, 5) is 31.2. The number of carbonyl (C=O) groups excluding carboxylic acids is 1. The number of carbonyl (C=O) groups is 3. The topological polar surface area (TPSA) is 91.7 Å². The summed E-state index contributed by atoms with van der Waals surface area (Å²) in [5, 5.41) is 16.8. The van der Waals surface area contributed by atoms with Gasteiger partial charge in [0.05, 0.1) is 0 Å². The average molecular weight is 258 g/mol. The predicted molar refractivity (Wildman–Crippen MR) is 66.4 cm³/mol. The van der Waals surface area contributed by atoms with Gasteiger partial charge >= 0.3 is 11.9 Å². The standard InChI is InChI=1S/C13H22O5/c14-11(13(17)18)9-7-5-3-1-2-4-6-8-10-12(15)16/h1-10H2,(H,15,16)(H,17,18). The first-order chi connectivity index (χ1) is 8.54. The molecule has 5 nitrogen and oxygen atoms in total. The molecule has 0 amide bonds. The second kappa shape index (κ2) is 10.7. The van der Waals surface area contributed by atoms with E-state index in [0.29, 0.717) is 6.42 Å². The van der Waals surface area contributed by atoms with Crippen LogP contribution in [0.4, 0.5) is 0 Å². The summed E-state index contributed by atoms with van der Waals surface area (Å²) < 4.78 is 0. The van der Waals surface area contributed by atoms with Crippen LogP contribution in [0.15, 0.2) is 0 Å². The molecule has 104 valence electrons. The van der Waals surface area contributed by atoms with Crippen molar-refractivity contribution in [1.82, 2.24) is 0 Å². The molecular weight excluding hydrogens is 236 g/mol. The van der Waals surface area contributed by atoms with Crippen molar-refractivity contribution in [2.45, 2.75) is 64.2 Å². The van der Waals surface area contributed by atoms with Gasteiger partial charge in [-0.2, -0.15) is 0 Å². The number of aliphatic carboxylic acids is 2. The molecule has 2 N–H and O–H groups in total. The van der Waals surface area contributed by atoms with Crippen molar-refractivity contribution in [3.8, 4) is 0 Å². The Labute approximate surface area is 107 Å². The third-order valence-electron chi connectivity index (χ3n) is 2.78. The smallest absolute Gasteiger partial charge is 0.372 e. The molecule has 0 unspecified atom stereocenters. The lowest BCUT2D eigenvalue weighted by Crippen LogP contribution is -2.11. The van der Waals surface area contributed by atoms with Gasteiger partial charge in [0.25, 0.3) is 0 Å². The molecule has 0 aromatic heterocycles. The largest absolute Gasteiger partial charge is 0.481 e. The number of carboxylic acid groups (broad SMARTS) is 2. The Kier molecular flexibility index (Phi) is 9.91. The van der Waals surface area contributed by atoms with Crippen molar-refractivity contribution in [2.24, 2.45) is 0 Å². The molecule has 0 aliphatic carbocycles. The Morgan fingerprint density at radius 3 is 1.39 bits per heavy atom. The molecular formula is C13H22O5. The Morgan fingerprint density at radius 1 is 0.611 bits per heavy atom. The van der Waals surface area contributed by atoms with Crippen LogP contribution in [0.1, 0.15) is 64.2 Å². The summed E-state index contributed by atoms with van der Waals surface area (Å²) in [5.41, 5.74) is 0. The van der Waals surface area contributed by atoms with Crippen molar-refractivity contribution in [2.75, 3.05) is 0 Å². The van der Waals surface area contributed by atoms with Crippen LogP contribution in [0.2, 0.25) is 0 Å². The highest BCUT2D eigenvalue weighted by molar-refractivity contribution is 6.32. The molecule has 0 aromatic carbocycles. The number of rotatable bonds is 12. The van der Waals surface area contributed by atoms with Gasteiger partial charge in [-0.05, 0) is 12.8 Å². The minimum Gasteiger partial charge on any atom is -0.481 e. The Hall–Kier alpha value is -1.39. The second-order valence-electron chi connectivity index (χ2n) is 4.45. The van der Waals surface area contributed by atoms with Crippen molar-refractivity contribution in [3.63, 3.8) is 0 Å². The van der Waals surface area contributed by atoms with Crippen LogP contribution < -0.4 is 0 Å². The van der Waals surface area contributed by atoms with Crippen LogP contribution in [0.25, 0.3) is 0 Å². The first-order valence-electron chi connectivity index (χ1n) is 6.52. The SMILES string of the molecule is O=C(O)CCCCCCCCCCC(=O)C(=O)O.